The summed E-state index contributed by atoms with van der Waals surface area (Å²) in [4.78, 5) is 16.0. The van der Waals surface area contributed by atoms with Crippen LogP contribution in [0.3, 0.4) is 0 Å². The normalized spacial score (nSPS) is 10.7. The molecule has 0 N–H and O–H groups in total. The molecule has 0 aliphatic rings. The lowest BCUT2D eigenvalue weighted by atomic mass is 10.2. The fourth-order valence-electron chi connectivity index (χ4n) is 1.34. The summed E-state index contributed by atoms with van der Waals surface area (Å²) in [6.07, 6.45) is 4.45. The summed E-state index contributed by atoms with van der Waals surface area (Å²) in [5.41, 5.74) is 1.88. The van der Waals surface area contributed by atoms with Crippen molar-refractivity contribution in [1.82, 2.24) is 15.0 Å². The van der Waals surface area contributed by atoms with E-state index in [1.54, 1.807) is 13.3 Å². The molecular formula is C12H12N4O. The minimum atomic E-state index is 0.517. The Labute approximate surface area is 99.3 Å². The third-order valence-corrected chi connectivity index (χ3v) is 2.17. The van der Waals surface area contributed by atoms with Gasteiger partial charge in [-0.15, -0.1) is 0 Å². The first-order chi connectivity index (χ1) is 8.29. The second-order valence-corrected chi connectivity index (χ2v) is 3.43. The van der Waals surface area contributed by atoms with Gasteiger partial charge in [-0.25, -0.2) is 19.9 Å². The molecule has 1 heterocycles. The van der Waals surface area contributed by atoms with Crippen molar-refractivity contribution >= 4 is 11.9 Å². The molecule has 1 aromatic carbocycles. The van der Waals surface area contributed by atoms with Gasteiger partial charge in [0.25, 0.3) is 0 Å². The predicted molar refractivity (Wildman–Crippen MR) is 64.8 cm³/mol. The fourth-order valence-corrected chi connectivity index (χ4v) is 1.34. The van der Waals surface area contributed by atoms with E-state index in [0.717, 1.165) is 17.0 Å². The van der Waals surface area contributed by atoms with Crippen molar-refractivity contribution in [2.45, 2.75) is 6.92 Å². The van der Waals surface area contributed by atoms with Gasteiger partial charge in [0, 0.05) is 0 Å². The van der Waals surface area contributed by atoms with E-state index in [1.807, 2.05) is 25.1 Å². The zero-order valence-corrected chi connectivity index (χ0v) is 9.66. The number of methoxy groups -OCH3 is 1. The van der Waals surface area contributed by atoms with Crippen molar-refractivity contribution in [3.63, 3.8) is 0 Å². The highest BCUT2D eigenvalue weighted by atomic mass is 16.5. The number of aliphatic imine (C=N–C) groups is 1. The largest absolute Gasteiger partial charge is 0.494 e. The number of benzene rings is 1. The van der Waals surface area contributed by atoms with Gasteiger partial charge in [0.1, 0.15) is 24.1 Å². The van der Waals surface area contributed by atoms with E-state index in [0.29, 0.717) is 5.82 Å². The molecule has 0 radical (unpaired) electrons. The van der Waals surface area contributed by atoms with Gasteiger partial charge in [-0.3, -0.25) is 0 Å². The van der Waals surface area contributed by atoms with Gasteiger partial charge in [0.05, 0.1) is 13.3 Å². The lowest BCUT2D eigenvalue weighted by Gasteiger charge is -2.04. The summed E-state index contributed by atoms with van der Waals surface area (Å²) in [5, 5.41) is 0. The highest BCUT2D eigenvalue weighted by molar-refractivity contribution is 5.78. The number of ether oxygens (including phenoxy) is 1. The van der Waals surface area contributed by atoms with E-state index in [4.69, 9.17) is 4.74 Å². The molecule has 17 heavy (non-hydrogen) atoms. The first kappa shape index (κ1) is 11.2. The van der Waals surface area contributed by atoms with Crippen LogP contribution in [0.15, 0.2) is 35.8 Å². The number of hydrogen-bond donors (Lipinski definition) is 0. The van der Waals surface area contributed by atoms with E-state index >= 15 is 0 Å². The smallest absolute Gasteiger partial charge is 0.173 e. The van der Waals surface area contributed by atoms with Gasteiger partial charge in [0.15, 0.2) is 5.82 Å². The Morgan fingerprint density at radius 1 is 1.24 bits per heavy atom. The Bertz CT molecular complexity index is 525. The van der Waals surface area contributed by atoms with Gasteiger partial charge >= 0.3 is 0 Å². The monoisotopic (exact) mass is 228 g/mol. The topological polar surface area (TPSA) is 60.3 Å². The van der Waals surface area contributed by atoms with Crippen LogP contribution in [0.1, 0.15) is 11.4 Å². The SMILES string of the molecule is COc1ccc(C)cc1/N=C/c1ncncn1. The Balaban J connectivity index is 2.29. The molecule has 5 nitrogen and oxygen atoms in total. The molecule has 0 saturated heterocycles. The summed E-state index contributed by atoms with van der Waals surface area (Å²) in [6, 6.07) is 5.80. The van der Waals surface area contributed by atoms with Gasteiger partial charge in [-0.1, -0.05) is 6.07 Å². The summed E-state index contributed by atoms with van der Waals surface area (Å²) in [6.45, 7) is 2.00. The van der Waals surface area contributed by atoms with E-state index in [1.165, 1.54) is 12.7 Å². The van der Waals surface area contributed by atoms with Crippen LogP contribution in [0.25, 0.3) is 0 Å². The maximum absolute atomic E-state index is 5.22. The van der Waals surface area contributed by atoms with Crippen LogP contribution in [0.5, 0.6) is 5.75 Å². The predicted octanol–water partition coefficient (Wildman–Crippen LogP) is 1.94. The summed E-state index contributed by atoms with van der Waals surface area (Å²) in [7, 11) is 1.62. The number of aryl methyl sites for hydroxylation is 1. The van der Waals surface area contributed by atoms with Crippen LogP contribution in [0, 0.1) is 6.92 Å². The third-order valence-electron chi connectivity index (χ3n) is 2.17. The Hall–Kier alpha value is -2.30. The molecule has 2 rings (SSSR count). The molecule has 0 spiro atoms. The van der Waals surface area contributed by atoms with Crippen LogP contribution in [-0.2, 0) is 0 Å². The maximum Gasteiger partial charge on any atom is 0.173 e. The van der Waals surface area contributed by atoms with Crippen molar-refractivity contribution in [3.05, 3.63) is 42.2 Å². The number of rotatable bonds is 3. The summed E-state index contributed by atoms with van der Waals surface area (Å²) >= 11 is 0. The average molecular weight is 228 g/mol. The lowest BCUT2D eigenvalue weighted by Crippen LogP contribution is -1.92. The second kappa shape index (κ2) is 5.16. The molecule has 0 atom stereocenters. The van der Waals surface area contributed by atoms with Gasteiger partial charge in [0.2, 0.25) is 0 Å². The second-order valence-electron chi connectivity index (χ2n) is 3.43. The van der Waals surface area contributed by atoms with Crippen molar-refractivity contribution in [3.8, 4) is 5.75 Å². The number of nitrogens with zero attached hydrogens (tertiary/aromatic N) is 4. The van der Waals surface area contributed by atoms with Crippen molar-refractivity contribution in [1.29, 1.82) is 0 Å². The van der Waals surface area contributed by atoms with Gasteiger partial charge in [-0.2, -0.15) is 0 Å². The molecule has 0 aliphatic carbocycles. The molecule has 0 saturated carbocycles. The molecule has 0 unspecified atom stereocenters. The summed E-state index contributed by atoms with van der Waals surface area (Å²) in [5.74, 6) is 1.24. The highest BCUT2D eigenvalue weighted by Gasteiger charge is 2.00. The van der Waals surface area contributed by atoms with Crippen LogP contribution in [0.2, 0.25) is 0 Å². The van der Waals surface area contributed by atoms with E-state index in [9.17, 15) is 0 Å². The third kappa shape index (κ3) is 2.84. The van der Waals surface area contributed by atoms with Crippen molar-refractivity contribution < 1.29 is 4.74 Å². The lowest BCUT2D eigenvalue weighted by molar-refractivity contribution is 0.416. The van der Waals surface area contributed by atoms with Crippen molar-refractivity contribution in [2.75, 3.05) is 7.11 Å². The minimum Gasteiger partial charge on any atom is -0.494 e. The molecule has 1 aromatic heterocycles. The van der Waals surface area contributed by atoms with E-state index in [2.05, 4.69) is 19.9 Å². The Morgan fingerprint density at radius 2 is 2.00 bits per heavy atom. The molecule has 0 fully saturated rings. The first-order valence-electron chi connectivity index (χ1n) is 5.10. The standard InChI is InChI=1S/C12H12N4O/c1-9-3-4-11(17-2)10(5-9)14-6-12-15-7-13-8-16-12/h3-8H,1-2H3/b14-6+. The average Bonchev–Trinajstić information content (AvgIpc) is 2.38. The molecule has 2 aromatic rings. The zero-order valence-electron chi connectivity index (χ0n) is 9.66. The molecule has 0 amide bonds. The Morgan fingerprint density at radius 3 is 2.71 bits per heavy atom. The number of aromatic nitrogens is 3. The molecule has 0 bridgehead atoms. The quantitative estimate of drug-likeness (QED) is 0.753. The fraction of sp³-hybridized carbons (Fsp3) is 0.167. The van der Waals surface area contributed by atoms with Gasteiger partial charge < -0.3 is 4.74 Å². The zero-order chi connectivity index (χ0) is 12.1. The molecule has 5 heteroatoms. The van der Waals surface area contributed by atoms with Crippen LogP contribution in [0.4, 0.5) is 5.69 Å². The summed E-state index contributed by atoms with van der Waals surface area (Å²) < 4.78 is 5.22. The first-order valence-corrected chi connectivity index (χ1v) is 5.10. The van der Waals surface area contributed by atoms with E-state index in [-0.39, 0.29) is 0 Å². The minimum absolute atomic E-state index is 0.517. The molecule has 86 valence electrons. The number of hydrogen-bond acceptors (Lipinski definition) is 5. The van der Waals surface area contributed by atoms with E-state index < -0.39 is 0 Å². The Kier molecular flexibility index (Phi) is 3.40. The maximum atomic E-state index is 5.22. The molecule has 0 aliphatic heterocycles. The molecular weight excluding hydrogens is 216 g/mol. The van der Waals surface area contributed by atoms with Crippen molar-refractivity contribution in [2.24, 2.45) is 4.99 Å². The van der Waals surface area contributed by atoms with Crippen LogP contribution in [-0.4, -0.2) is 28.3 Å². The van der Waals surface area contributed by atoms with Crippen LogP contribution < -0.4 is 4.74 Å². The highest BCUT2D eigenvalue weighted by Crippen LogP contribution is 2.27. The van der Waals surface area contributed by atoms with Gasteiger partial charge in [-0.05, 0) is 24.6 Å². The van der Waals surface area contributed by atoms with Crippen LogP contribution >= 0.6 is 0 Å².